The Bertz CT molecular complexity index is 1510. The first-order valence-corrected chi connectivity index (χ1v) is 14.5. The van der Waals surface area contributed by atoms with E-state index in [0.717, 1.165) is 0 Å². The van der Waals surface area contributed by atoms with Crippen molar-refractivity contribution in [3.05, 3.63) is 47.7 Å². The molecule has 0 fully saturated rings. The summed E-state index contributed by atoms with van der Waals surface area (Å²) in [6, 6.07) is 3.49. The summed E-state index contributed by atoms with van der Waals surface area (Å²) in [5, 5.41) is 16.4. The number of fused-ring (bicyclic) bond motifs is 1. The molecular formula is C26H35N7O7S. The van der Waals surface area contributed by atoms with Gasteiger partial charge in [-0.3, -0.25) is 9.52 Å². The third kappa shape index (κ3) is 6.46. The third-order valence-corrected chi connectivity index (χ3v) is 8.21. The fraction of sp³-hybridized carbons (Fsp3) is 0.462. The zero-order chi connectivity index (χ0) is 30.1. The highest BCUT2D eigenvalue weighted by atomic mass is 32.2. The van der Waals surface area contributed by atoms with Crippen molar-refractivity contribution in [1.29, 1.82) is 0 Å². The molecule has 1 aliphatic heterocycles. The maximum atomic E-state index is 13.7. The lowest BCUT2D eigenvalue weighted by Gasteiger charge is -2.38. The maximum absolute atomic E-state index is 13.7. The van der Waals surface area contributed by atoms with Crippen molar-refractivity contribution in [3.63, 3.8) is 0 Å². The summed E-state index contributed by atoms with van der Waals surface area (Å²) >= 11 is 0. The number of sulfonamides is 1. The molecule has 1 aromatic carbocycles. The first kappa shape index (κ1) is 29.9. The Morgan fingerprint density at radius 2 is 2.05 bits per heavy atom. The first-order valence-electron chi connectivity index (χ1n) is 13.0. The minimum Gasteiger partial charge on any atom is -0.487 e. The van der Waals surface area contributed by atoms with Gasteiger partial charge >= 0.3 is 6.03 Å². The lowest BCUT2D eigenvalue weighted by atomic mass is 9.99. The van der Waals surface area contributed by atoms with Gasteiger partial charge in [0.15, 0.2) is 10.8 Å². The number of hydrogen-bond acceptors (Lipinski definition) is 9. The number of likely N-dealkylation sites (N-methyl/N-ethyl adjacent to an activating group) is 1. The van der Waals surface area contributed by atoms with Gasteiger partial charge in [-0.05, 0) is 39.0 Å². The minimum atomic E-state index is -4.01. The molecule has 0 radical (unpaired) electrons. The van der Waals surface area contributed by atoms with E-state index < -0.39 is 34.1 Å². The molecule has 14 nitrogen and oxygen atoms in total. The van der Waals surface area contributed by atoms with Crippen LogP contribution in [0.25, 0.3) is 0 Å². The molecule has 3 amide bonds. The van der Waals surface area contributed by atoms with Crippen LogP contribution in [0.1, 0.15) is 35.7 Å². The van der Waals surface area contributed by atoms with Crippen LogP contribution >= 0.6 is 0 Å². The number of aliphatic hydroxyl groups is 1. The summed E-state index contributed by atoms with van der Waals surface area (Å²) in [5.74, 6) is 0.0466. The molecular weight excluding hydrogens is 554 g/mol. The van der Waals surface area contributed by atoms with Gasteiger partial charge in [0.1, 0.15) is 23.2 Å². The summed E-state index contributed by atoms with van der Waals surface area (Å²) in [5.41, 5.74) is 1.30. The Hall–Kier alpha value is -4.11. The van der Waals surface area contributed by atoms with Crippen molar-refractivity contribution < 1.29 is 32.4 Å². The van der Waals surface area contributed by atoms with Crippen molar-refractivity contribution in [2.75, 3.05) is 36.8 Å². The Labute approximate surface area is 238 Å². The summed E-state index contributed by atoms with van der Waals surface area (Å²) < 4.78 is 41.1. The highest BCUT2D eigenvalue weighted by Crippen LogP contribution is 2.31. The summed E-state index contributed by atoms with van der Waals surface area (Å²) in [6.45, 7) is 7.17. The molecule has 0 aliphatic carbocycles. The van der Waals surface area contributed by atoms with Gasteiger partial charge < -0.3 is 34.1 Å². The van der Waals surface area contributed by atoms with Crippen LogP contribution in [0.2, 0.25) is 0 Å². The molecule has 15 heteroatoms. The van der Waals surface area contributed by atoms with Crippen molar-refractivity contribution in [3.8, 4) is 5.75 Å². The Morgan fingerprint density at radius 1 is 1.32 bits per heavy atom. The number of aliphatic hydroxyl groups excluding tert-OH is 1. The smallest absolute Gasteiger partial charge is 0.321 e. The Kier molecular flexibility index (Phi) is 8.58. The molecule has 0 bridgehead atoms. The Balaban J connectivity index is 1.62. The van der Waals surface area contributed by atoms with E-state index in [1.54, 1.807) is 34.9 Å². The van der Waals surface area contributed by atoms with Crippen LogP contribution in [0, 0.1) is 19.8 Å². The fourth-order valence-corrected chi connectivity index (χ4v) is 5.49. The van der Waals surface area contributed by atoms with Crippen molar-refractivity contribution in [1.82, 2.24) is 24.5 Å². The molecule has 3 aromatic rings. The zero-order valence-electron chi connectivity index (χ0n) is 23.8. The van der Waals surface area contributed by atoms with Gasteiger partial charge in [-0.1, -0.05) is 12.1 Å². The Morgan fingerprint density at radius 3 is 2.66 bits per heavy atom. The van der Waals surface area contributed by atoms with E-state index in [4.69, 9.17) is 9.26 Å². The van der Waals surface area contributed by atoms with E-state index in [1.807, 2.05) is 6.92 Å². The summed E-state index contributed by atoms with van der Waals surface area (Å²) in [7, 11) is -0.735. The van der Waals surface area contributed by atoms with Crippen molar-refractivity contribution in [2.45, 2.75) is 44.9 Å². The van der Waals surface area contributed by atoms with Crippen molar-refractivity contribution in [2.24, 2.45) is 13.0 Å². The van der Waals surface area contributed by atoms with Gasteiger partial charge in [-0.25, -0.2) is 9.78 Å². The van der Waals surface area contributed by atoms with E-state index in [0.29, 0.717) is 17.1 Å². The van der Waals surface area contributed by atoms with Crippen LogP contribution < -0.4 is 14.8 Å². The standard InChI is InChI=1S/C26H35N7O7S/c1-15-10-33(16(2)13-34)25(35)20-9-19(30-41(37,38)23-12-31(5)14-27-23)7-8-21(20)39-22(15)11-32(6)26(36)28-24-17(3)29-40-18(24)4/h7-9,12,14-16,22,30,34H,10-11,13H2,1-6H3,(H,28,36)/t15-,16-,22-/m1/s1. The fourth-order valence-electron chi connectivity index (χ4n) is 4.46. The number of nitrogens with zero attached hydrogens (tertiary/aromatic N) is 5. The molecule has 0 saturated carbocycles. The van der Waals surface area contributed by atoms with E-state index in [-0.39, 0.29) is 47.6 Å². The number of urea groups is 1. The average molecular weight is 590 g/mol. The number of anilines is 2. The number of carbonyl (C=O) groups excluding carboxylic acids is 2. The molecule has 3 N–H and O–H groups in total. The topological polar surface area (TPSA) is 172 Å². The van der Waals surface area contributed by atoms with Gasteiger partial charge in [0.25, 0.3) is 15.9 Å². The predicted octanol–water partition coefficient (Wildman–Crippen LogP) is 2.21. The van der Waals surface area contributed by atoms with Gasteiger partial charge in [0, 0.05) is 38.4 Å². The highest BCUT2D eigenvalue weighted by molar-refractivity contribution is 7.92. The number of imidazole rings is 1. The monoisotopic (exact) mass is 589 g/mol. The minimum absolute atomic E-state index is 0.117. The van der Waals surface area contributed by atoms with Gasteiger partial charge in [-0.15, -0.1) is 0 Å². The largest absolute Gasteiger partial charge is 0.487 e. The van der Waals surface area contributed by atoms with Crippen LogP contribution in [0.4, 0.5) is 16.2 Å². The first-order chi connectivity index (χ1) is 19.3. The number of rotatable bonds is 8. The van der Waals surface area contributed by atoms with Gasteiger partial charge in [0.2, 0.25) is 0 Å². The third-order valence-electron chi connectivity index (χ3n) is 6.94. The molecule has 0 unspecified atom stereocenters. The van der Waals surface area contributed by atoms with E-state index in [9.17, 15) is 23.1 Å². The molecule has 41 heavy (non-hydrogen) atoms. The quantitative estimate of drug-likeness (QED) is 0.356. The van der Waals surface area contributed by atoms with Crippen LogP contribution in [0.5, 0.6) is 5.75 Å². The number of carbonyl (C=O) groups is 2. The van der Waals surface area contributed by atoms with Crippen molar-refractivity contribution >= 4 is 33.3 Å². The molecule has 2 aromatic heterocycles. The normalized spacial score (nSPS) is 18.1. The molecule has 1 aliphatic rings. The number of aryl methyl sites for hydroxylation is 3. The summed E-state index contributed by atoms with van der Waals surface area (Å²) in [4.78, 5) is 33.5. The van der Waals surface area contributed by atoms with Crippen LogP contribution in [0.3, 0.4) is 0 Å². The van der Waals surface area contributed by atoms with Crippen LogP contribution in [0.15, 0.2) is 40.3 Å². The molecule has 222 valence electrons. The molecule has 3 atom stereocenters. The number of ether oxygens (including phenoxy) is 1. The van der Waals surface area contributed by atoms with Gasteiger partial charge in [-0.2, -0.15) is 8.42 Å². The zero-order valence-corrected chi connectivity index (χ0v) is 24.6. The molecule has 4 rings (SSSR count). The molecule has 0 saturated heterocycles. The number of hydrogen-bond donors (Lipinski definition) is 3. The number of amides is 3. The van der Waals surface area contributed by atoms with E-state index in [1.165, 1.54) is 45.1 Å². The van der Waals surface area contributed by atoms with Crippen LogP contribution in [-0.4, -0.2) is 88.9 Å². The SMILES string of the molecule is Cc1noc(C)c1NC(=O)N(C)C[C@H]1Oc2ccc(NS(=O)(=O)c3cn(C)cn3)cc2C(=O)N([C@H](C)CO)C[C@H]1C. The number of aromatic nitrogens is 3. The summed E-state index contributed by atoms with van der Waals surface area (Å²) in [6.07, 6.45) is 2.18. The van der Waals surface area contributed by atoms with E-state index >= 15 is 0 Å². The highest BCUT2D eigenvalue weighted by Gasteiger charge is 2.34. The number of nitrogens with one attached hydrogen (secondary N) is 2. The van der Waals surface area contributed by atoms with Gasteiger partial charge in [0.05, 0.1) is 31.1 Å². The molecule has 0 spiro atoms. The second-order valence-corrected chi connectivity index (χ2v) is 12.0. The lowest BCUT2D eigenvalue weighted by molar-refractivity contribution is 0.0371. The number of benzene rings is 1. The maximum Gasteiger partial charge on any atom is 0.321 e. The average Bonchev–Trinajstić information content (AvgIpc) is 3.51. The lowest BCUT2D eigenvalue weighted by Crippen LogP contribution is -2.50. The van der Waals surface area contributed by atoms with Crippen LogP contribution in [-0.2, 0) is 17.1 Å². The second kappa shape index (κ2) is 11.8. The molecule has 3 heterocycles. The predicted molar refractivity (Wildman–Crippen MR) is 149 cm³/mol. The second-order valence-electron chi connectivity index (χ2n) is 10.3. The van der Waals surface area contributed by atoms with E-state index in [2.05, 4.69) is 20.2 Å².